The van der Waals surface area contributed by atoms with Crippen molar-refractivity contribution in [3.8, 4) is 0 Å². The summed E-state index contributed by atoms with van der Waals surface area (Å²) in [6.07, 6.45) is 0.993. The minimum Gasteiger partial charge on any atom is -0.479 e. The lowest BCUT2D eigenvalue weighted by atomic mass is 10.1. The first-order chi connectivity index (χ1) is 9.08. The van der Waals surface area contributed by atoms with Crippen LogP contribution in [0.15, 0.2) is 30.5 Å². The molecule has 1 atom stereocenters. The van der Waals surface area contributed by atoms with Crippen LogP contribution >= 0.6 is 0 Å². The average molecular weight is 261 g/mol. The van der Waals surface area contributed by atoms with Crippen molar-refractivity contribution >= 4 is 22.7 Å². The van der Waals surface area contributed by atoms with Crippen LogP contribution in [0.25, 0.3) is 10.9 Å². The Balaban J connectivity index is 2.16. The van der Waals surface area contributed by atoms with Gasteiger partial charge in [0.25, 0.3) is 0 Å². The van der Waals surface area contributed by atoms with Gasteiger partial charge in [-0.15, -0.1) is 0 Å². The summed E-state index contributed by atoms with van der Waals surface area (Å²) in [5, 5.41) is 10.1. The van der Waals surface area contributed by atoms with Crippen LogP contribution < -0.4 is 0 Å². The van der Waals surface area contributed by atoms with E-state index in [-0.39, 0.29) is 18.8 Å². The van der Waals surface area contributed by atoms with Crippen LogP contribution in [0.1, 0.15) is 12.5 Å². The Bertz CT molecular complexity index is 602. The molecule has 0 aliphatic heterocycles. The number of aromatic amines is 1. The Morgan fingerprint density at radius 2 is 2.11 bits per heavy atom. The number of ether oxygens (including phenoxy) is 1. The van der Waals surface area contributed by atoms with Gasteiger partial charge in [0, 0.05) is 23.5 Å². The number of para-hydroxylation sites is 1. The van der Waals surface area contributed by atoms with Crippen LogP contribution in [-0.2, 0) is 20.7 Å². The number of carboxylic acid groups (broad SMARTS) is 1. The maximum absolute atomic E-state index is 11.1. The van der Waals surface area contributed by atoms with Crippen molar-refractivity contribution < 1.29 is 19.4 Å². The van der Waals surface area contributed by atoms with E-state index >= 15 is 0 Å². The number of nitrogens with one attached hydrogen (secondary N) is 1. The third-order valence-electron chi connectivity index (χ3n) is 2.84. The first-order valence-corrected chi connectivity index (χ1v) is 5.96. The quantitative estimate of drug-likeness (QED) is 0.830. The van der Waals surface area contributed by atoms with E-state index in [0.717, 1.165) is 16.5 Å². The highest BCUT2D eigenvalue weighted by atomic mass is 16.5. The van der Waals surface area contributed by atoms with Crippen LogP contribution in [0.3, 0.4) is 0 Å². The van der Waals surface area contributed by atoms with E-state index < -0.39 is 12.1 Å². The number of aromatic nitrogens is 1. The van der Waals surface area contributed by atoms with E-state index in [9.17, 15) is 9.59 Å². The predicted molar refractivity (Wildman–Crippen MR) is 70.1 cm³/mol. The van der Waals surface area contributed by atoms with E-state index in [4.69, 9.17) is 9.84 Å². The summed E-state index contributed by atoms with van der Waals surface area (Å²) >= 11 is 0. The van der Waals surface area contributed by atoms with Gasteiger partial charge < -0.3 is 14.8 Å². The average Bonchev–Trinajstić information content (AvgIpc) is 2.77. The number of H-pyrrole nitrogens is 1. The lowest BCUT2D eigenvalue weighted by molar-refractivity contribution is -0.151. The SMILES string of the molecule is CC(=O)CO[C@@H](Cc1c[nH]c2ccccc12)C(=O)O. The normalized spacial score (nSPS) is 12.5. The van der Waals surface area contributed by atoms with Crippen molar-refractivity contribution in [1.82, 2.24) is 4.98 Å². The highest BCUT2D eigenvalue weighted by molar-refractivity contribution is 5.84. The number of carboxylic acids is 1. The molecule has 100 valence electrons. The first-order valence-electron chi connectivity index (χ1n) is 5.96. The number of fused-ring (bicyclic) bond motifs is 1. The summed E-state index contributed by atoms with van der Waals surface area (Å²) in [5.74, 6) is -1.25. The minimum atomic E-state index is -1.06. The van der Waals surface area contributed by atoms with Crippen molar-refractivity contribution in [2.75, 3.05) is 6.61 Å². The van der Waals surface area contributed by atoms with Crippen LogP contribution in [0.5, 0.6) is 0 Å². The summed E-state index contributed by atoms with van der Waals surface area (Å²) in [4.78, 5) is 25.1. The van der Waals surface area contributed by atoms with E-state index in [0.29, 0.717) is 0 Å². The van der Waals surface area contributed by atoms with Crippen LogP contribution in [0.2, 0.25) is 0 Å². The molecule has 0 saturated carbocycles. The number of carbonyl (C=O) groups excluding carboxylic acids is 1. The van der Waals surface area contributed by atoms with Gasteiger partial charge >= 0.3 is 5.97 Å². The van der Waals surface area contributed by atoms with Gasteiger partial charge in [0.05, 0.1) is 0 Å². The molecule has 0 radical (unpaired) electrons. The molecule has 0 fully saturated rings. The van der Waals surface area contributed by atoms with Gasteiger partial charge in [-0.05, 0) is 18.6 Å². The Morgan fingerprint density at radius 3 is 2.79 bits per heavy atom. The van der Waals surface area contributed by atoms with Gasteiger partial charge in [0.1, 0.15) is 6.61 Å². The molecule has 0 bridgehead atoms. The molecule has 2 rings (SSSR count). The van der Waals surface area contributed by atoms with E-state index in [1.54, 1.807) is 6.20 Å². The number of hydrogen-bond donors (Lipinski definition) is 2. The molecule has 0 aliphatic rings. The van der Waals surface area contributed by atoms with Crippen molar-refractivity contribution in [2.24, 2.45) is 0 Å². The third-order valence-corrected chi connectivity index (χ3v) is 2.84. The molecule has 1 aromatic carbocycles. The standard InChI is InChI=1S/C14H15NO4/c1-9(16)8-19-13(14(17)18)6-10-7-15-12-5-3-2-4-11(10)12/h2-5,7,13,15H,6,8H2,1H3,(H,17,18)/t13-/m0/s1. The number of benzene rings is 1. The number of ketones is 1. The van der Waals surface area contributed by atoms with Crippen molar-refractivity contribution in [3.05, 3.63) is 36.0 Å². The summed E-state index contributed by atoms with van der Waals surface area (Å²) in [6.45, 7) is 1.18. The van der Waals surface area contributed by atoms with Crippen molar-refractivity contribution in [3.63, 3.8) is 0 Å². The predicted octanol–water partition coefficient (Wildman–Crippen LogP) is 1.77. The van der Waals surface area contributed by atoms with E-state index in [1.165, 1.54) is 6.92 Å². The molecule has 19 heavy (non-hydrogen) atoms. The lowest BCUT2D eigenvalue weighted by Gasteiger charge is -2.12. The first kappa shape index (κ1) is 13.3. The summed E-state index contributed by atoms with van der Waals surface area (Å²) in [5.41, 5.74) is 1.82. The molecule has 5 heteroatoms. The highest BCUT2D eigenvalue weighted by Gasteiger charge is 2.20. The second-order valence-corrected chi connectivity index (χ2v) is 4.40. The zero-order valence-electron chi connectivity index (χ0n) is 10.6. The maximum Gasteiger partial charge on any atom is 0.333 e. The molecule has 0 amide bonds. The van der Waals surface area contributed by atoms with Gasteiger partial charge in [0.15, 0.2) is 11.9 Å². The molecule has 1 aromatic heterocycles. The topological polar surface area (TPSA) is 79.4 Å². The Labute approximate surface area is 110 Å². The minimum absolute atomic E-state index is 0.181. The van der Waals surface area contributed by atoms with Crippen LogP contribution in [0.4, 0.5) is 0 Å². The molecule has 0 spiro atoms. The summed E-state index contributed by atoms with van der Waals surface area (Å²) < 4.78 is 5.12. The van der Waals surface area contributed by atoms with E-state index in [2.05, 4.69) is 4.98 Å². The van der Waals surface area contributed by atoms with Gasteiger partial charge in [-0.1, -0.05) is 18.2 Å². The molecule has 2 aromatic rings. The summed E-state index contributed by atoms with van der Waals surface area (Å²) in [7, 11) is 0. The van der Waals surface area contributed by atoms with Gasteiger partial charge in [-0.25, -0.2) is 4.79 Å². The number of hydrogen-bond acceptors (Lipinski definition) is 3. The molecule has 0 aliphatic carbocycles. The fraction of sp³-hybridized carbons (Fsp3) is 0.286. The molecule has 0 saturated heterocycles. The Morgan fingerprint density at radius 1 is 1.37 bits per heavy atom. The second kappa shape index (κ2) is 5.67. The molecule has 1 heterocycles. The largest absolute Gasteiger partial charge is 0.479 e. The Kier molecular flexibility index (Phi) is 3.97. The summed E-state index contributed by atoms with van der Waals surface area (Å²) in [6, 6.07) is 7.64. The fourth-order valence-electron chi connectivity index (χ4n) is 1.94. The molecular weight excluding hydrogens is 246 g/mol. The van der Waals surface area contributed by atoms with Gasteiger partial charge in [0.2, 0.25) is 0 Å². The Hall–Kier alpha value is -2.14. The smallest absolute Gasteiger partial charge is 0.333 e. The fourth-order valence-corrected chi connectivity index (χ4v) is 1.94. The van der Waals surface area contributed by atoms with E-state index in [1.807, 2.05) is 24.3 Å². The molecule has 0 unspecified atom stereocenters. The molecular formula is C14H15NO4. The van der Waals surface area contributed by atoms with Gasteiger partial charge in [-0.2, -0.15) is 0 Å². The maximum atomic E-state index is 11.1. The lowest BCUT2D eigenvalue weighted by Crippen LogP contribution is -2.28. The van der Waals surface area contributed by atoms with Gasteiger partial charge in [-0.3, -0.25) is 4.79 Å². The van der Waals surface area contributed by atoms with Crippen molar-refractivity contribution in [2.45, 2.75) is 19.4 Å². The number of aliphatic carboxylic acids is 1. The molecule has 2 N–H and O–H groups in total. The van der Waals surface area contributed by atoms with Crippen LogP contribution in [-0.4, -0.2) is 34.6 Å². The molecule has 5 nitrogen and oxygen atoms in total. The third kappa shape index (κ3) is 3.20. The van der Waals surface area contributed by atoms with Crippen LogP contribution in [0, 0.1) is 0 Å². The number of Topliss-reactive ketones (excluding diaryl/α,β-unsaturated/α-hetero) is 1. The zero-order valence-corrected chi connectivity index (χ0v) is 10.6. The second-order valence-electron chi connectivity index (χ2n) is 4.40. The monoisotopic (exact) mass is 261 g/mol. The highest BCUT2D eigenvalue weighted by Crippen LogP contribution is 2.19. The zero-order chi connectivity index (χ0) is 13.8. The van der Waals surface area contributed by atoms with Crippen molar-refractivity contribution in [1.29, 1.82) is 0 Å². The number of carbonyl (C=O) groups is 2. The number of rotatable bonds is 6.